The van der Waals surface area contributed by atoms with Gasteiger partial charge in [-0.2, -0.15) is 0 Å². The van der Waals surface area contributed by atoms with E-state index in [0.29, 0.717) is 19.3 Å². The van der Waals surface area contributed by atoms with E-state index >= 15 is 0 Å². The van der Waals surface area contributed by atoms with Crippen LogP contribution in [0.25, 0.3) is 0 Å². The van der Waals surface area contributed by atoms with E-state index < -0.39 is 6.10 Å². The summed E-state index contributed by atoms with van der Waals surface area (Å²) in [5, 5.41) is 0. The minimum absolute atomic E-state index is 0.0663. The molecule has 6 heteroatoms. The van der Waals surface area contributed by atoms with Crippen molar-refractivity contribution in [3.05, 3.63) is 0 Å². The molecule has 0 aliphatic rings. The molecule has 0 amide bonds. The first-order valence-electron chi connectivity index (χ1n) is 22.2. The third-order valence-electron chi connectivity index (χ3n) is 9.97. The molecule has 0 rings (SSSR count). The van der Waals surface area contributed by atoms with Crippen LogP contribution in [0, 0.1) is 11.8 Å². The number of carbonyl (C=O) groups is 3. The van der Waals surface area contributed by atoms with Crippen molar-refractivity contribution in [3.63, 3.8) is 0 Å². The number of esters is 3. The molecule has 0 fully saturated rings. The zero-order valence-electron chi connectivity index (χ0n) is 34.7. The van der Waals surface area contributed by atoms with Crippen LogP contribution in [0.5, 0.6) is 0 Å². The van der Waals surface area contributed by atoms with E-state index in [2.05, 4.69) is 34.6 Å². The van der Waals surface area contributed by atoms with Crippen LogP contribution >= 0.6 is 0 Å². The first kappa shape index (κ1) is 49.4. The van der Waals surface area contributed by atoms with E-state index in [1.807, 2.05) is 0 Å². The molecular weight excluding hydrogens is 636 g/mol. The van der Waals surface area contributed by atoms with E-state index in [4.69, 9.17) is 14.2 Å². The molecule has 0 aromatic heterocycles. The van der Waals surface area contributed by atoms with Gasteiger partial charge in [-0.15, -0.1) is 0 Å². The number of hydrogen-bond donors (Lipinski definition) is 0. The van der Waals surface area contributed by atoms with Crippen LogP contribution in [0.1, 0.15) is 240 Å². The quantitative estimate of drug-likeness (QED) is 0.0357. The summed E-state index contributed by atoms with van der Waals surface area (Å²) in [6.45, 7) is 11.2. The standard InChI is InChI=1S/C45H86O6/c1-6-7-8-9-10-11-12-13-14-15-16-19-25-30-35-43(46)49-38-42(39-50-44(47)36-31-26-22-21-24-29-34-41(4)5)51-45(48)37-32-27-20-17-18-23-28-33-40(2)3/h40-42H,6-39H2,1-5H3/t42-/m1/s1. The molecule has 0 spiro atoms. The van der Waals surface area contributed by atoms with Gasteiger partial charge >= 0.3 is 17.9 Å². The van der Waals surface area contributed by atoms with Gasteiger partial charge in [-0.05, 0) is 31.1 Å². The number of ether oxygens (including phenoxy) is 3. The van der Waals surface area contributed by atoms with Crippen molar-refractivity contribution in [3.8, 4) is 0 Å². The molecule has 0 N–H and O–H groups in total. The summed E-state index contributed by atoms with van der Waals surface area (Å²) in [6.07, 6.45) is 35.4. The van der Waals surface area contributed by atoms with E-state index in [-0.39, 0.29) is 31.1 Å². The summed E-state index contributed by atoms with van der Waals surface area (Å²) in [4.78, 5) is 37.6. The van der Waals surface area contributed by atoms with Crippen molar-refractivity contribution < 1.29 is 28.6 Å². The molecular formula is C45H86O6. The molecule has 0 bridgehead atoms. The first-order valence-corrected chi connectivity index (χ1v) is 22.2. The molecule has 1 atom stereocenters. The topological polar surface area (TPSA) is 78.9 Å². The van der Waals surface area contributed by atoms with Crippen LogP contribution in [-0.2, 0) is 28.6 Å². The fourth-order valence-electron chi connectivity index (χ4n) is 6.58. The number of carbonyl (C=O) groups excluding carboxylic acids is 3. The van der Waals surface area contributed by atoms with E-state index in [1.54, 1.807) is 0 Å². The fraction of sp³-hybridized carbons (Fsp3) is 0.933. The monoisotopic (exact) mass is 723 g/mol. The molecule has 0 aliphatic carbocycles. The summed E-state index contributed by atoms with van der Waals surface area (Å²) in [7, 11) is 0. The zero-order valence-corrected chi connectivity index (χ0v) is 34.7. The molecule has 6 nitrogen and oxygen atoms in total. The van der Waals surface area contributed by atoms with Crippen molar-refractivity contribution in [1.82, 2.24) is 0 Å². The molecule has 0 aromatic rings. The van der Waals surface area contributed by atoms with Crippen LogP contribution in [0.15, 0.2) is 0 Å². The number of unbranched alkanes of at least 4 members (excludes halogenated alkanes) is 24. The molecule has 0 saturated carbocycles. The average molecular weight is 723 g/mol. The smallest absolute Gasteiger partial charge is 0.306 e. The maximum atomic E-state index is 12.7. The Morgan fingerprint density at radius 3 is 0.961 bits per heavy atom. The number of rotatable bonds is 39. The highest BCUT2D eigenvalue weighted by molar-refractivity contribution is 5.71. The highest BCUT2D eigenvalue weighted by atomic mass is 16.6. The van der Waals surface area contributed by atoms with Gasteiger partial charge < -0.3 is 14.2 Å². The highest BCUT2D eigenvalue weighted by Gasteiger charge is 2.19. The molecule has 0 aromatic carbocycles. The third-order valence-corrected chi connectivity index (χ3v) is 9.97. The van der Waals surface area contributed by atoms with Crippen molar-refractivity contribution in [2.45, 2.75) is 246 Å². The van der Waals surface area contributed by atoms with Gasteiger partial charge in [0, 0.05) is 19.3 Å². The van der Waals surface area contributed by atoms with Gasteiger partial charge in [-0.3, -0.25) is 14.4 Å². The van der Waals surface area contributed by atoms with Crippen LogP contribution < -0.4 is 0 Å². The number of hydrogen-bond acceptors (Lipinski definition) is 6. The summed E-state index contributed by atoms with van der Waals surface area (Å²) in [6, 6.07) is 0. The summed E-state index contributed by atoms with van der Waals surface area (Å²) in [5.74, 6) is 0.675. The average Bonchev–Trinajstić information content (AvgIpc) is 3.09. The van der Waals surface area contributed by atoms with Gasteiger partial charge in [0.25, 0.3) is 0 Å². The second-order valence-electron chi connectivity index (χ2n) is 16.3. The predicted octanol–water partition coefficient (Wildman–Crippen LogP) is 13.8. The summed E-state index contributed by atoms with van der Waals surface area (Å²) in [5.41, 5.74) is 0. The molecule has 0 saturated heterocycles. The van der Waals surface area contributed by atoms with E-state index in [0.717, 1.165) is 69.6 Å². The van der Waals surface area contributed by atoms with Crippen LogP contribution in [0.2, 0.25) is 0 Å². The lowest BCUT2D eigenvalue weighted by atomic mass is 10.0. The lowest BCUT2D eigenvalue weighted by Crippen LogP contribution is -2.30. The molecule has 51 heavy (non-hydrogen) atoms. The Morgan fingerprint density at radius 2 is 0.647 bits per heavy atom. The van der Waals surface area contributed by atoms with Crippen molar-refractivity contribution in [1.29, 1.82) is 0 Å². The van der Waals surface area contributed by atoms with Crippen LogP contribution in [0.3, 0.4) is 0 Å². The van der Waals surface area contributed by atoms with Gasteiger partial charge in [0.05, 0.1) is 0 Å². The lowest BCUT2D eigenvalue weighted by Gasteiger charge is -2.18. The van der Waals surface area contributed by atoms with Crippen molar-refractivity contribution in [2.75, 3.05) is 13.2 Å². The molecule has 0 radical (unpaired) electrons. The summed E-state index contributed by atoms with van der Waals surface area (Å²) >= 11 is 0. The molecule has 0 aliphatic heterocycles. The van der Waals surface area contributed by atoms with Gasteiger partial charge in [0.15, 0.2) is 6.10 Å². The normalized spacial score (nSPS) is 12.1. The van der Waals surface area contributed by atoms with Gasteiger partial charge in [0.1, 0.15) is 13.2 Å². The van der Waals surface area contributed by atoms with Gasteiger partial charge in [-0.1, -0.05) is 202 Å². The highest BCUT2D eigenvalue weighted by Crippen LogP contribution is 2.16. The van der Waals surface area contributed by atoms with Gasteiger partial charge in [-0.25, -0.2) is 0 Å². The lowest BCUT2D eigenvalue weighted by molar-refractivity contribution is -0.167. The molecule has 302 valence electrons. The first-order chi connectivity index (χ1) is 24.7. The Balaban J connectivity index is 4.30. The third kappa shape index (κ3) is 39.5. The second-order valence-corrected chi connectivity index (χ2v) is 16.3. The van der Waals surface area contributed by atoms with Crippen molar-refractivity contribution in [2.24, 2.45) is 11.8 Å². The predicted molar refractivity (Wildman–Crippen MR) is 215 cm³/mol. The SMILES string of the molecule is CCCCCCCCCCCCCCCCC(=O)OC[C@H](COC(=O)CCCCCCCCC(C)C)OC(=O)CCCCCCCCCC(C)C. The Bertz CT molecular complexity index is 779. The Morgan fingerprint density at radius 1 is 0.373 bits per heavy atom. The largest absolute Gasteiger partial charge is 0.462 e. The van der Waals surface area contributed by atoms with E-state index in [1.165, 1.54) is 128 Å². The van der Waals surface area contributed by atoms with E-state index in [9.17, 15) is 14.4 Å². The van der Waals surface area contributed by atoms with Crippen LogP contribution in [0.4, 0.5) is 0 Å². The Labute approximate surface area is 317 Å². The Hall–Kier alpha value is -1.59. The molecule has 0 heterocycles. The second kappa shape index (κ2) is 38.1. The molecule has 0 unspecified atom stereocenters. The fourth-order valence-corrected chi connectivity index (χ4v) is 6.58. The zero-order chi connectivity index (χ0) is 37.6. The summed E-state index contributed by atoms with van der Waals surface area (Å²) < 4.78 is 16.7. The van der Waals surface area contributed by atoms with Crippen LogP contribution in [-0.4, -0.2) is 37.2 Å². The minimum Gasteiger partial charge on any atom is -0.462 e. The minimum atomic E-state index is -0.761. The van der Waals surface area contributed by atoms with Crippen molar-refractivity contribution >= 4 is 17.9 Å². The maximum absolute atomic E-state index is 12.7. The maximum Gasteiger partial charge on any atom is 0.306 e. The van der Waals surface area contributed by atoms with Gasteiger partial charge in [0.2, 0.25) is 0 Å². The Kier molecular flexibility index (Phi) is 37.0.